The summed E-state index contributed by atoms with van der Waals surface area (Å²) < 4.78 is 0. The minimum Gasteiger partial charge on any atom is -0.330 e. The first-order chi connectivity index (χ1) is 7.65. The number of hydrogen-bond donors (Lipinski definition) is 1. The minimum absolute atomic E-state index is 0.493. The first kappa shape index (κ1) is 13.6. The molecule has 0 bridgehead atoms. The topological polar surface area (TPSA) is 26.0 Å². The van der Waals surface area contributed by atoms with Crippen molar-refractivity contribution in [1.82, 2.24) is 0 Å². The van der Waals surface area contributed by atoms with Crippen molar-refractivity contribution in [1.29, 1.82) is 0 Å². The number of benzene rings is 1. The van der Waals surface area contributed by atoms with Gasteiger partial charge < -0.3 is 5.73 Å². The van der Waals surface area contributed by atoms with Crippen molar-refractivity contribution in [3.05, 3.63) is 35.9 Å². The van der Waals surface area contributed by atoms with Crippen LogP contribution in [0, 0.1) is 5.92 Å². The first-order valence-electron chi connectivity index (χ1n) is 6.01. The van der Waals surface area contributed by atoms with E-state index in [1.165, 1.54) is 5.56 Å². The summed E-state index contributed by atoms with van der Waals surface area (Å²) in [6.45, 7) is 7.59. The highest BCUT2D eigenvalue weighted by atomic mass is 32.2. The Hall–Kier alpha value is -0.470. The van der Waals surface area contributed by atoms with Crippen LogP contribution in [-0.4, -0.2) is 17.5 Å². The molecule has 90 valence electrons. The van der Waals surface area contributed by atoms with Gasteiger partial charge in [0.05, 0.1) is 0 Å². The highest BCUT2D eigenvalue weighted by Gasteiger charge is 2.13. The molecule has 1 aromatic rings. The average molecular weight is 237 g/mol. The van der Waals surface area contributed by atoms with Gasteiger partial charge in [-0.2, -0.15) is 11.8 Å². The molecule has 0 aliphatic rings. The van der Waals surface area contributed by atoms with E-state index in [0.29, 0.717) is 11.2 Å². The van der Waals surface area contributed by atoms with Crippen LogP contribution < -0.4 is 5.73 Å². The Labute approximate surface area is 104 Å². The van der Waals surface area contributed by atoms with Crippen molar-refractivity contribution in [2.24, 2.45) is 11.7 Å². The summed E-state index contributed by atoms with van der Waals surface area (Å²) in [6, 6.07) is 10.6. The second-order valence-electron chi connectivity index (χ2n) is 4.63. The summed E-state index contributed by atoms with van der Waals surface area (Å²) in [4.78, 5) is 0. The normalized spacial score (nSPS) is 15.1. The van der Waals surface area contributed by atoms with Crippen LogP contribution in [0.4, 0.5) is 0 Å². The maximum absolute atomic E-state index is 5.85. The lowest BCUT2D eigenvalue weighted by molar-refractivity contribution is 0.640. The smallest absolute Gasteiger partial charge is 0.00520 e. The van der Waals surface area contributed by atoms with E-state index in [-0.39, 0.29) is 0 Å². The fourth-order valence-corrected chi connectivity index (χ4v) is 2.74. The predicted octanol–water partition coefficient (Wildman–Crippen LogP) is 3.51. The lowest BCUT2D eigenvalue weighted by Gasteiger charge is -2.20. The molecule has 1 aromatic carbocycles. The van der Waals surface area contributed by atoms with Gasteiger partial charge in [-0.1, -0.05) is 51.1 Å². The van der Waals surface area contributed by atoms with Gasteiger partial charge in [0.1, 0.15) is 0 Å². The molecule has 2 atom stereocenters. The number of hydrogen-bond acceptors (Lipinski definition) is 2. The molecule has 0 heterocycles. The third-order valence-electron chi connectivity index (χ3n) is 3.05. The first-order valence-corrected chi connectivity index (χ1v) is 7.06. The summed E-state index contributed by atoms with van der Waals surface area (Å²) in [5.74, 6) is 2.35. The maximum Gasteiger partial charge on any atom is 0.00520 e. The minimum atomic E-state index is 0.493. The highest BCUT2D eigenvalue weighted by Crippen LogP contribution is 2.25. The Morgan fingerprint density at radius 3 is 2.25 bits per heavy atom. The molecule has 16 heavy (non-hydrogen) atoms. The highest BCUT2D eigenvalue weighted by molar-refractivity contribution is 7.99. The van der Waals surface area contributed by atoms with E-state index in [2.05, 4.69) is 51.1 Å². The quantitative estimate of drug-likeness (QED) is 0.819. The summed E-state index contributed by atoms with van der Waals surface area (Å²) in [6.07, 6.45) is 0. The molecule has 0 aromatic heterocycles. The molecule has 0 saturated heterocycles. The zero-order valence-corrected chi connectivity index (χ0v) is 11.3. The van der Waals surface area contributed by atoms with Gasteiger partial charge in [-0.05, 0) is 18.0 Å². The van der Waals surface area contributed by atoms with Crippen LogP contribution >= 0.6 is 11.8 Å². The monoisotopic (exact) mass is 237 g/mol. The predicted molar refractivity (Wildman–Crippen MR) is 75.0 cm³/mol. The molecule has 0 radical (unpaired) electrons. The molecule has 1 rings (SSSR count). The Bertz CT molecular complexity index is 284. The summed E-state index contributed by atoms with van der Waals surface area (Å²) in [5, 5.41) is 0.706. The Morgan fingerprint density at radius 2 is 1.75 bits per heavy atom. The zero-order chi connectivity index (χ0) is 12.0. The zero-order valence-electron chi connectivity index (χ0n) is 10.5. The van der Waals surface area contributed by atoms with Gasteiger partial charge in [-0.15, -0.1) is 0 Å². The molecule has 1 nitrogen and oxygen atoms in total. The Morgan fingerprint density at radius 1 is 1.12 bits per heavy atom. The summed E-state index contributed by atoms with van der Waals surface area (Å²) in [5.41, 5.74) is 7.22. The van der Waals surface area contributed by atoms with Crippen molar-refractivity contribution in [2.75, 3.05) is 12.3 Å². The molecular weight excluding hydrogens is 214 g/mol. The van der Waals surface area contributed by atoms with Gasteiger partial charge in [0, 0.05) is 16.9 Å². The van der Waals surface area contributed by atoms with Crippen molar-refractivity contribution >= 4 is 11.8 Å². The second-order valence-corrected chi connectivity index (χ2v) is 6.04. The SMILES string of the molecule is CC(C)C(C)SCC(CN)c1ccccc1. The number of nitrogens with two attached hydrogens (primary N) is 1. The van der Waals surface area contributed by atoms with Gasteiger partial charge in [0.15, 0.2) is 0 Å². The third-order valence-corrected chi connectivity index (χ3v) is 4.72. The maximum atomic E-state index is 5.85. The van der Waals surface area contributed by atoms with Crippen molar-refractivity contribution in [3.63, 3.8) is 0 Å². The molecule has 0 amide bonds. The van der Waals surface area contributed by atoms with Crippen LogP contribution in [0.2, 0.25) is 0 Å². The lowest BCUT2D eigenvalue weighted by Crippen LogP contribution is -2.17. The molecule has 0 spiro atoms. The van der Waals surface area contributed by atoms with Crippen molar-refractivity contribution in [2.45, 2.75) is 31.9 Å². The molecule has 2 unspecified atom stereocenters. The molecule has 0 aliphatic heterocycles. The van der Waals surface area contributed by atoms with Gasteiger partial charge in [-0.3, -0.25) is 0 Å². The molecule has 0 saturated carbocycles. The molecule has 0 fully saturated rings. The largest absolute Gasteiger partial charge is 0.330 e. The van der Waals surface area contributed by atoms with Crippen LogP contribution in [0.25, 0.3) is 0 Å². The lowest BCUT2D eigenvalue weighted by atomic mass is 10.0. The van der Waals surface area contributed by atoms with Gasteiger partial charge >= 0.3 is 0 Å². The van der Waals surface area contributed by atoms with E-state index < -0.39 is 0 Å². The van der Waals surface area contributed by atoms with Crippen LogP contribution in [0.15, 0.2) is 30.3 Å². The van der Waals surface area contributed by atoms with Crippen LogP contribution in [0.5, 0.6) is 0 Å². The van der Waals surface area contributed by atoms with Crippen LogP contribution in [0.3, 0.4) is 0 Å². The number of rotatable bonds is 6. The van der Waals surface area contributed by atoms with E-state index in [1.807, 2.05) is 11.8 Å². The van der Waals surface area contributed by atoms with E-state index in [1.54, 1.807) is 0 Å². The summed E-state index contributed by atoms with van der Waals surface area (Å²) >= 11 is 2.03. The number of thioether (sulfide) groups is 1. The Kier molecular flexibility index (Phi) is 5.93. The summed E-state index contributed by atoms with van der Waals surface area (Å²) in [7, 11) is 0. The van der Waals surface area contributed by atoms with E-state index in [0.717, 1.165) is 18.2 Å². The van der Waals surface area contributed by atoms with E-state index in [4.69, 9.17) is 5.73 Å². The standard InChI is InChI=1S/C14H23NS/c1-11(2)12(3)16-10-14(9-15)13-7-5-4-6-8-13/h4-8,11-12,14H,9-10,15H2,1-3H3. The molecule has 2 heteroatoms. The van der Waals surface area contributed by atoms with Gasteiger partial charge in [0.25, 0.3) is 0 Å². The van der Waals surface area contributed by atoms with Crippen LogP contribution in [0.1, 0.15) is 32.3 Å². The second kappa shape index (κ2) is 6.97. The van der Waals surface area contributed by atoms with Crippen molar-refractivity contribution in [3.8, 4) is 0 Å². The van der Waals surface area contributed by atoms with Gasteiger partial charge in [0.2, 0.25) is 0 Å². The van der Waals surface area contributed by atoms with Crippen molar-refractivity contribution < 1.29 is 0 Å². The van der Waals surface area contributed by atoms with E-state index in [9.17, 15) is 0 Å². The van der Waals surface area contributed by atoms with Crippen LogP contribution in [-0.2, 0) is 0 Å². The van der Waals surface area contributed by atoms with Gasteiger partial charge in [-0.25, -0.2) is 0 Å². The molecule has 0 aliphatic carbocycles. The molecular formula is C14H23NS. The Balaban J connectivity index is 2.50. The average Bonchev–Trinajstić information content (AvgIpc) is 2.30. The third kappa shape index (κ3) is 4.18. The fourth-order valence-electron chi connectivity index (χ4n) is 1.49. The molecule has 2 N–H and O–H groups in total. The fraction of sp³-hybridized carbons (Fsp3) is 0.571. The van der Waals surface area contributed by atoms with E-state index >= 15 is 0 Å².